The molecule has 0 saturated carbocycles. The molecule has 1 rings (SSSR count). The van der Waals surface area contributed by atoms with Crippen LogP contribution in [0.4, 0.5) is 10.5 Å². The Morgan fingerprint density at radius 2 is 2.00 bits per heavy atom. The minimum atomic E-state index is -0.141. The van der Waals surface area contributed by atoms with Gasteiger partial charge in [0.15, 0.2) is 0 Å². The molecule has 1 aromatic carbocycles. The van der Waals surface area contributed by atoms with Gasteiger partial charge in [-0.1, -0.05) is 12.1 Å². The molecule has 2 amide bonds. The number of urea groups is 1. The highest BCUT2D eigenvalue weighted by atomic mass is 16.5. The van der Waals surface area contributed by atoms with Gasteiger partial charge in [0.05, 0.1) is 6.61 Å². The summed E-state index contributed by atoms with van der Waals surface area (Å²) in [5.41, 5.74) is 7.33. The Hall–Kier alpha value is -1.63. The van der Waals surface area contributed by atoms with Gasteiger partial charge in [0.2, 0.25) is 0 Å². The number of nitrogens with two attached hydrogens (primary N) is 1. The number of rotatable bonds is 9. The van der Waals surface area contributed by atoms with Crippen molar-refractivity contribution in [3.8, 4) is 0 Å². The van der Waals surface area contributed by atoms with E-state index in [0.717, 1.165) is 17.7 Å². The van der Waals surface area contributed by atoms with Crippen LogP contribution in [-0.2, 0) is 16.0 Å². The topological polar surface area (TPSA) is 76.8 Å². The summed E-state index contributed by atoms with van der Waals surface area (Å²) in [6.45, 7) is 2.75. The first-order chi connectivity index (χ1) is 10.2. The third-order valence-corrected chi connectivity index (χ3v) is 3.04. The summed E-state index contributed by atoms with van der Waals surface area (Å²) in [7, 11) is 3.27. The van der Waals surface area contributed by atoms with Crippen LogP contribution in [0.2, 0.25) is 0 Å². The van der Waals surface area contributed by atoms with Crippen LogP contribution < -0.4 is 11.1 Å². The lowest BCUT2D eigenvalue weighted by molar-refractivity contribution is 0.143. The molecule has 6 nitrogen and oxygen atoms in total. The van der Waals surface area contributed by atoms with Gasteiger partial charge in [-0.05, 0) is 24.1 Å². The summed E-state index contributed by atoms with van der Waals surface area (Å²) in [6.07, 6.45) is 0.788. The Balaban J connectivity index is 2.60. The Morgan fingerprint density at radius 1 is 1.24 bits per heavy atom. The van der Waals surface area contributed by atoms with Gasteiger partial charge < -0.3 is 25.4 Å². The average Bonchev–Trinajstić information content (AvgIpc) is 2.50. The molecule has 6 heteroatoms. The normalized spacial score (nSPS) is 10.4. The standard InChI is InChI=1S/C15H25N3O3/c1-20-9-4-7-18(8-10-21-2)15(19)17-14-6-3-5-13(11-14)12-16/h3,5-6,11H,4,7-10,12,16H2,1-2H3,(H,17,19). The SMILES string of the molecule is COCCCN(CCOC)C(=O)Nc1cccc(CN)c1. The van der Waals surface area contributed by atoms with Gasteiger partial charge in [-0.2, -0.15) is 0 Å². The van der Waals surface area contributed by atoms with Crippen molar-refractivity contribution in [2.45, 2.75) is 13.0 Å². The number of hydrogen-bond acceptors (Lipinski definition) is 4. The zero-order chi connectivity index (χ0) is 15.5. The van der Waals surface area contributed by atoms with Gasteiger partial charge >= 0.3 is 6.03 Å². The van der Waals surface area contributed by atoms with E-state index in [1.54, 1.807) is 19.1 Å². The largest absolute Gasteiger partial charge is 0.385 e. The van der Waals surface area contributed by atoms with Gasteiger partial charge in [0, 0.05) is 46.1 Å². The van der Waals surface area contributed by atoms with E-state index in [0.29, 0.717) is 32.8 Å². The van der Waals surface area contributed by atoms with Crippen LogP contribution in [0.25, 0.3) is 0 Å². The lowest BCUT2D eigenvalue weighted by Gasteiger charge is -2.22. The predicted molar refractivity (Wildman–Crippen MR) is 83.3 cm³/mol. The monoisotopic (exact) mass is 295 g/mol. The average molecular weight is 295 g/mol. The van der Waals surface area contributed by atoms with Crippen molar-refractivity contribution >= 4 is 11.7 Å². The fraction of sp³-hybridized carbons (Fsp3) is 0.533. The molecule has 0 fully saturated rings. The van der Waals surface area contributed by atoms with Crippen molar-refractivity contribution in [3.05, 3.63) is 29.8 Å². The number of benzene rings is 1. The molecule has 0 radical (unpaired) electrons. The minimum absolute atomic E-state index is 0.141. The number of hydrogen-bond donors (Lipinski definition) is 2. The molecule has 0 spiro atoms. The zero-order valence-corrected chi connectivity index (χ0v) is 12.8. The fourth-order valence-electron chi connectivity index (χ4n) is 1.89. The molecule has 0 aromatic heterocycles. The highest BCUT2D eigenvalue weighted by Gasteiger charge is 2.13. The van der Waals surface area contributed by atoms with E-state index in [-0.39, 0.29) is 6.03 Å². The lowest BCUT2D eigenvalue weighted by atomic mass is 10.2. The minimum Gasteiger partial charge on any atom is -0.385 e. The summed E-state index contributed by atoms with van der Waals surface area (Å²) in [4.78, 5) is 14.0. The maximum Gasteiger partial charge on any atom is 0.321 e. The molecular weight excluding hydrogens is 270 g/mol. The van der Waals surface area contributed by atoms with Gasteiger partial charge in [-0.3, -0.25) is 0 Å². The van der Waals surface area contributed by atoms with E-state index in [1.165, 1.54) is 0 Å². The molecule has 0 bridgehead atoms. The molecule has 0 unspecified atom stereocenters. The van der Waals surface area contributed by atoms with Gasteiger partial charge in [-0.15, -0.1) is 0 Å². The van der Waals surface area contributed by atoms with E-state index in [1.807, 2.05) is 24.3 Å². The van der Waals surface area contributed by atoms with Gasteiger partial charge in [0.25, 0.3) is 0 Å². The summed E-state index contributed by atoms with van der Waals surface area (Å²) in [6, 6.07) is 7.39. The van der Waals surface area contributed by atoms with Crippen molar-refractivity contribution in [2.75, 3.05) is 45.8 Å². The number of nitrogens with zero attached hydrogens (tertiary/aromatic N) is 1. The number of methoxy groups -OCH3 is 2. The van der Waals surface area contributed by atoms with Crippen molar-refractivity contribution < 1.29 is 14.3 Å². The number of anilines is 1. The predicted octanol–water partition coefficient (Wildman–Crippen LogP) is 1.66. The van der Waals surface area contributed by atoms with Crippen LogP contribution in [0.3, 0.4) is 0 Å². The highest BCUT2D eigenvalue weighted by molar-refractivity contribution is 5.89. The molecule has 0 heterocycles. The second-order valence-corrected chi connectivity index (χ2v) is 4.66. The van der Waals surface area contributed by atoms with Crippen molar-refractivity contribution in [3.63, 3.8) is 0 Å². The van der Waals surface area contributed by atoms with E-state index in [9.17, 15) is 4.79 Å². The van der Waals surface area contributed by atoms with Gasteiger partial charge in [-0.25, -0.2) is 4.79 Å². The fourth-order valence-corrected chi connectivity index (χ4v) is 1.89. The van der Waals surface area contributed by atoms with Gasteiger partial charge in [0.1, 0.15) is 0 Å². The Morgan fingerprint density at radius 3 is 2.67 bits per heavy atom. The first-order valence-electron chi connectivity index (χ1n) is 7.04. The smallest absolute Gasteiger partial charge is 0.321 e. The Kier molecular flexibility index (Phi) is 8.42. The number of nitrogens with one attached hydrogen (secondary N) is 1. The van der Waals surface area contributed by atoms with E-state index in [2.05, 4.69) is 5.32 Å². The summed E-state index contributed by atoms with van der Waals surface area (Å²) < 4.78 is 10.1. The van der Waals surface area contributed by atoms with Crippen molar-refractivity contribution in [1.82, 2.24) is 4.90 Å². The Bertz CT molecular complexity index is 426. The molecule has 118 valence electrons. The van der Waals surface area contributed by atoms with E-state index in [4.69, 9.17) is 15.2 Å². The number of ether oxygens (including phenoxy) is 2. The molecule has 3 N–H and O–H groups in total. The lowest BCUT2D eigenvalue weighted by Crippen LogP contribution is -2.38. The van der Waals surface area contributed by atoms with Crippen LogP contribution in [0.5, 0.6) is 0 Å². The first-order valence-corrected chi connectivity index (χ1v) is 7.04. The molecule has 0 aliphatic carbocycles. The number of amides is 2. The summed E-state index contributed by atoms with van der Waals surface area (Å²) >= 11 is 0. The highest BCUT2D eigenvalue weighted by Crippen LogP contribution is 2.11. The second-order valence-electron chi connectivity index (χ2n) is 4.66. The third kappa shape index (κ3) is 6.57. The third-order valence-electron chi connectivity index (χ3n) is 3.04. The van der Waals surface area contributed by atoms with Crippen LogP contribution in [0, 0.1) is 0 Å². The maximum absolute atomic E-state index is 12.3. The molecule has 1 aromatic rings. The van der Waals surface area contributed by atoms with E-state index >= 15 is 0 Å². The van der Waals surface area contributed by atoms with Crippen LogP contribution in [0.15, 0.2) is 24.3 Å². The van der Waals surface area contributed by atoms with Crippen LogP contribution in [-0.4, -0.2) is 51.5 Å². The Labute approximate surface area is 126 Å². The molecule has 0 aliphatic heterocycles. The van der Waals surface area contributed by atoms with Crippen molar-refractivity contribution in [1.29, 1.82) is 0 Å². The number of carbonyl (C=O) groups excluding carboxylic acids is 1. The summed E-state index contributed by atoms with van der Waals surface area (Å²) in [5, 5.41) is 2.89. The summed E-state index contributed by atoms with van der Waals surface area (Å²) in [5.74, 6) is 0. The van der Waals surface area contributed by atoms with Crippen molar-refractivity contribution in [2.24, 2.45) is 5.73 Å². The quantitative estimate of drug-likeness (QED) is 0.679. The second kappa shape index (κ2) is 10.1. The van der Waals surface area contributed by atoms with Crippen LogP contribution >= 0.6 is 0 Å². The molecule has 0 aliphatic rings. The number of carbonyl (C=O) groups is 1. The molecule has 21 heavy (non-hydrogen) atoms. The van der Waals surface area contributed by atoms with Crippen LogP contribution in [0.1, 0.15) is 12.0 Å². The molecule has 0 atom stereocenters. The molecule has 0 saturated heterocycles. The maximum atomic E-state index is 12.3. The van der Waals surface area contributed by atoms with E-state index < -0.39 is 0 Å². The molecular formula is C15H25N3O3. The zero-order valence-electron chi connectivity index (χ0n) is 12.8. The first kappa shape index (κ1) is 17.4.